The Bertz CT molecular complexity index is 1030. The van der Waals surface area contributed by atoms with Crippen molar-refractivity contribution in [3.8, 4) is 0 Å². The smallest absolute Gasteiger partial charge is 0.291 e. The number of aromatic nitrogens is 3. The number of thiophene rings is 1. The topological polar surface area (TPSA) is 68.4 Å². The molecule has 0 spiro atoms. The second-order valence-electron chi connectivity index (χ2n) is 7.65. The first kappa shape index (κ1) is 18.2. The number of nitrogens with zero attached hydrogens (tertiary/aromatic N) is 3. The van der Waals surface area contributed by atoms with Crippen molar-refractivity contribution in [3.05, 3.63) is 33.7 Å². The van der Waals surface area contributed by atoms with Crippen LogP contribution in [-0.4, -0.2) is 26.1 Å². The van der Waals surface area contributed by atoms with Gasteiger partial charge in [-0.25, -0.2) is 4.68 Å². The van der Waals surface area contributed by atoms with Gasteiger partial charge in [0.15, 0.2) is 0 Å². The zero-order chi connectivity index (χ0) is 19.0. The van der Waals surface area contributed by atoms with Crippen LogP contribution in [0, 0.1) is 12.8 Å². The maximum Gasteiger partial charge on any atom is 0.291 e. The van der Waals surface area contributed by atoms with Crippen LogP contribution < -0.4 is 10.9 Å². The molecule has 2 atom stereocenters. The molecule has 0 unspecified atom stereocenters. The van der Waals surface area contributed by atoms with Crippen LogP contribution in [0.15, 0.2) is 22.3 Å². The molecule has 0 bridgehead atoms. The van der Waals surface area contributed by atoms with Gasteiger partial charge in [-0.3, -0.25) is 14.0 Å². The molecule has 1 amide bonds. The molecule has 0 aromatic carbocycles. The van der Waals surface area contributed by atoms with E-state index in [9.17, 15) is 9.59 Å². The number of carbonyl (C=O) groups excluding carboxylic acids is 1. The first-order valence-corrected chi connectivity index (χ1v) is 10.7. The Morgan fingerprint density at radius 3 is 2.96 bits per heavy atom. The van der Waals surface area contributed by atoms with E-state index in [0.29, 0.717) is 36.9 Å². The van der Waals surface area contributed by atoms with Gasteiger partial charge in [-0.1, -0.05) is 19.8 Å². The summed E-state index contributed by atoms with van der Waals surface area (Å²) >= 11 is 1.62. The van der Waals surface area contributed by atoms with Crippen LogP contribution in [-0.2, 0) is 11.3 Å². The Morgan fingerprint density at radius 2 is 2.15 bits per heavy atom. The van der Waals surface area contributed by atoms with Crippen LogP contribution in [0.25, 0.3) is 15.7 Å². The van der Waals surface area contributed by atoms with Gasteiger partial charge in [-0.15, -0.1) is 11.3 Å². The summed E-state index contributed by atoms with van der Waals surface area (Å²) in [5.74, 6) is 1.43. The molecule has 1 N–H and O–H groups in total. The maximum absolute atomic E-state index is 12.8. The molecular weight excluding hydrogens is 360 g/mol. The molecule has 1 aliphatic rings. The minimum Gasteiger partial charge on any atom is -0.353 e. The first-order valence-electron chi connectivity index (χ1n) is 9.80. The van der Waals surface area contributed by atoms with E-state index < -0.39 is 0 Å². The Labute approximate surface area is 162 Å². The predicted molar refractivity (Wildman–Crippen MR) is 108 cm³/mol. The standard InChI is InChI=1S/C20H26N4O2S/c1-13-6-3-4-7-15(13)21-19(25)8-5-10-23-20(26)17-12-18-16(9-11-27-18)24(17)14(2)22-23/h9,11-13,15H,3-8,10H2,1-2H3,(H,21,25)/t13-,15-/m1/s1. The highest BCUT2D eigenvalue weighted by Crippen LogP contribution is 2.25. The van der Waals surface area contributed by atoms with Crippen LogP contribution in [0.1, 0.15) is 51.3 Å². The second-order valence-corrected chi connectivity index (χ2v) is 8.60. The lowest BCUT2D eigenvalue weighted by molar-refractivity contribution is -0.122. The van der Waals surface area contributed by atoms with E-state index in [4.69, 9.17) is 0 Å². The highest BCUT2D eigenvalue weighted by atomic mass is 32.1. The van der Waals surface area contributed by atoms with Gasteiger partial charge in [0.1, 0.15) is 11.3 Å². The highest BCUT2D eigenvalue weighted by molar-refractivity contribution is 7.17. The average Bonchev–Trinajstić information content (AvgIpc) is 3.22. The second kappa shape index (κ2) is 7.46. The largest absolute Gasteiger partial charge is 0.353 e. The van der Waals surface area contributed by atoms with Crippen LogP contribution in [0.5, 0.6) is 0 Å². The van der Waals surface area contributed by atoms with Gasteiger partial charge in [0.05, 0.1) is 10.2 Å². The minimum atomic E-state index is -0.0923. The molecule has 0 saturated heterocycles. The van der Waals surface area contributed by atoms with Crippen LogP contribution in [0.2, 0.25) is 0 Å². The van der Waals surface area contributed by atoms with E-state index in [2.05, 4.69) is 17.3 Å². The quantitative estimate of drug-likeness (QED) is 0.730. The van der Waals surface area contributed by atoms with Gasteiger partial charge >= 0.3 is 0 Å². The molecule has 144 valence electrons. The van der Waals surface area contributed by atoms with Crippen molar-refractivity contribution in [2.24, 2.45) is 5.92 Å². The van der Waals surface area contributed by atoms with E-state index in [1.54, 1.807) is 11.3 Å². The van der Waals surface area contributed by atoms with Crippen molar-refractivity contribution >= 4 is 33.0 Å². The van der Waals surface area contributed by atoms with Crippen molar-refractivity contribution in [3.63, 3.8) is 0 Å². The fraction of sp³-hybridized carbons (Fsp3) is 0.550. The van der Waals surface area contributed by atoms with Gasteiger partial charge < -0.3 is 5.32 Å². The van der Waals surface area contributed by atoms with Crippen LogP contribution in [0.4, 0.5) is 0 Å². The summed E-state index contributed by atoms with van der Waals surface area (Å²) in [4.78, 5) is 25.0. The Morgan fingerprint density at radius 1 is 1.33 bits per heavy atom. The number of rotatable bonds is 5. The Balaban J connectivity index is 1.42. The van der Waals surface area contributed by atoms with E-state index in [1.165, 1.54) is 23.9 Å². The average molecular weight is 387 g/mol. The third-order valence-corrected chi connectivity index (χ3v) is 6.55. The summed E-state index contributed by atoms with van der Waals surface area (Å²) < 4.78 is 4.52. The lowest BCUT2D eigenvalue weighted by Gasteiger charge is -2.29. The SMILES string of the molecule is Cc1nn(CCCC(=O)N[C@@H]2CCCC[C@H]2C)c(=O)c2cc3sccc3n12. The van der Waals surface area contributed by atoms with E-state index in [0.717, 1.165) is 22.5 Å². The molecular formula is C20H26N4O2S. The summed E-state index contributed by atoms with van der Waals surface area (Å²) in [5.41, 5.74) is 1.60. The summed E-state index contributed by atoms with van der Waals surface area (Å²) in [6.45, 7) is 4.59. The fourth-order valence-corrected chi connectivity index (χ4v) is 4.98. The summed E-state index contributed by atoms with van der Waals surface area (Å²) in [5, 5.41) is 9.66. The molecule has 7 heteroatoms. The van der Waals surface area contributed by atoms with Crippen LogP contribution >= 0.6 is 11.3 Å². The van der Waals surface area contributed by atoms with Gasteiger partial charge in [0.25, 0.3) is 5.56 Å². The van der Waals surface area contributed by atoms with Gasteiger partial charge in [-0.05, 0) is 49.6 Å². The first-order chi connectivity index (χ1) is 13.0. The van der Waals surface area contributed by atoms with Gasteiger partial charge in [0, 0.05) is 19.0 Å². The summed E-state index contributed by atoms with van der Waals surface area (Å²) in [7, 11) is 0. The van der Waals surface area contributed by atoms with Crippen molar-refractivity contribution < 1.29 is 4.79 Å². The third kappa shape index (κ3) is 3.52. The highest BCUT2D eigenvalue weighted by Gasteiger charge is 2.22. The molecule has 4 rings (SSSR count). The normalized spacial score (nSPS) is 20.4. The number of hydrogen-bond acceptors (Lipinski definition) is 4. The molecule has 0 radical (unpaired) electrons. The van der Waals surface area contributed by atoms with E-state index in [1.807, 2.05) is 28.8 Å². The number of carbonyl (C=O) groups is 1. The van der Waals surface area contributed by atoms with Crippen molar-refractivity contribution in [2.45, 2.75) is 65.0 Å². The predicted octanol–water partition coefficient (Wildman–Crippen LogP) is 3.49. The third-order valence-electron chi connectivity index (χ3n) is 5.70. The molecule has 1 aliphatic carbocycles. The molecule has 1 saturated carbocycles. The fourth-order valence-electron chi connectivity index (χ4n) is 4.18. The zero-order valence-electron chi connectivity index (χ0n) is 15.9. The molecule has 6 nitrogen and oxygen atoms in total. The van der Waals surface area contributed by atoms with Crippen molar-refractivity contribution in [2.75, 3.05) is 0 Å². The maximum atomic E-state index is 12.8. The van der Waals surface area contributed by atoms with Crippen molar-refractivity contribution in [1.29, 1.82) is 0 Å². The number of amides is 1. The lowest BCUT2D eigenvalue weighted by Crippen LogP contribution is -2.41. The number of fused-ring (bicyclic) bond motifs is 3. The lowest BCUT2D eigenvalue weighted by atomic mass is 9.86. The molecule has 3 aromatic heterocycles. The monoisotopic (exact) mass is 386 g/mol. The number of nitrogens with one attached hydrogen (secondary N) is 1. The number of hydrogen-bond donors (Lipinski definition) is 1. The number of aryl methyl sites for hydroxylation is 2. The summed E-state index contributed by atoms with van der Waals surface area (Å²) in [6, 6.07) is 4.26. The van der Waals surface area contributed by atoms with Gasteiger partial charge in [-0.2, -0.15) is 5.10 Å². The zero-order valence-corrected chi connectivity index (χ0v) is 16.7. The Hall–Kier alpha value is -2.15. The molecule has 1 fully saturated rings. The molecule has 27 heavy (non-hydrogen) atoms. The van der Waals surface area contributed by atoms with E-state index >= 15 is 0 Å². The van der Waals surface area contributed by atoms with Crippen molar-refractivity contribution in [1.82, 2.24) is 19.5 Å². The van der Waals surface area contributed by atoms with E-state index in [-0.39, 0.29) is 11.5 Å². The Kier molecular flexibility index (Phi) is 5.04. The van der Waals surface area contributed by atoms with Crippen LogP contribution in [0.3, 0.4) is 0 Å². The molecule has 3 aromatic rings. The van der Waals surface area contributed by atoms with Gasteiger partial charge in [0.2, 0.25) is 5.91 Å². The summed E-state index contributed by atoms with van der Waals surface area (Å²) in [6.07, 6.45) is 5.78. The minimum absolute atomic E-state index is 0.0859. The molecule has 3 heterocycles. The molecule has 0 aliphatic heterocycles.